The molecule has 0 fully saturated rings. The molecule has 156 valence electrons. The van der Waals surface area contributed by atoms with Crippen molar-refractivity contribution in [3.8, 4) is 17.6 Å². The van der Waals surface area contributed by atoms with Gasteiger partial charge in [0, 0.05) is 5.02 Å². The predicted octanol–water partition coefficient (Wildman–Crippen LogP) is 6.34. The third-order valence-electron chi connectivity index (χ3n) is 4.40. The topological polar surface area (TPSA) is 79.5 Å². The molecule has 0 aliphatic carbocycles. The highest BCUT2D eigenvalue weighted by Gasteiger charge is 2.13. The second-order valence-electron chi connectivity index (χ2n) is 6.51. The molecule has 0 aliphatic rings. The zero-order valence-corrected chi connectivity index (χ0v) is 17.9. The summed E-state index contributed by atoms with van der Waals surface area (Å²) < 4.78 is 11.2. The lowest BCUT2D eigenvalue weighted by Crippen LogP contribution is -2.01. The van der Waals surface area contributed by atoms with E-state index in [1.807, 2.05) is 0 Å². The van der Waals surface area contributed by atoms with Gasteiger partial charge in [-0.15, -0.1) is 0 Å². The smallest absolute Gasteiger partial charge is 0.335 e. The van der Waals surface area contributed by atoms with Crippen LogP contribution in [0, 0.1) is 11.3 Å². The molecule has 0 spiro atoms. The van der Waals surface area contributed by atoms with E-state index >= 15 is 0 Å². The van der Waals surface area contributed by atoms with Crippen LogP contribution in [0.1, 0.15) is 27.0 Å². The highest BCUT2D eigenvalue weighted by molar-refractivity contribution is 6.32. The Hall–Kier alpha value is -3.46. The van der Waals surface area contributed by atoms with Gasteiger partial charge in [-0.05, 0) is 59.2 Å². The molecule has 7 heteroatoms. The number of hydrogen-bond acceptors (Lipinski definition) is 4. The quantitative estimate of drug-likeness (QED) is 0.333. The minimum atomic E-state index is -1.01. The van der Waals surface area contributed by atoms with Crippen LogP contribution >= 0.6 is 23.2 Å². The Morgan fingerprint density at radius 3 is 2.48 bits per heavy atom. The van der Waals surface area contributed by atoms with Crippen molar-refractivity contribution >= 4 is 40.8 Å². The lowest BCUT2D eigenvalue weighted by molar-refractivity contribution is 0.0696. The van der Waals surface area contributed by atoms with Gasteiger partial charge in [0.25, 0.3) is 0 Å². The summed E-state index contributed by atoms with van der Waals surface area (Å²) in [5, 5.41) is 19.6. The predicted molar refractivity (Wildman–Crippen MR) is 121 cm³/mol. The third kappa shape index (κ3) is 5.58. The first kappa shape index (κ1) is 22.2. The number of carboxylic acids is 1. The van der Waals surface area contributed by atoms with E-state index in [0.29, 0.717) is 38.2 Å². The number of carboxylic acid groups (broad SMARTS) is 1. The number of nitriles is 1. The van der Waals surface area contributed by atoms with Gasteiger partial charge in [0.15, 0.2) is 11.5 Å². The average molecular weight is 454 g/mol. The largest absolute Gasteiger partial charge is 0.493 e. The van der Waals surface area contributed by atoms with Crippen molar-refractivity contribution in [1.82, 2.24) is 0 Å². The van der Waals surface area contributed by atoms with E-state index in [2.05, 4.69) is 6.07 Å². The zero-order chi connectivity index (χ0) is 22.4. The Kier molecular flexibility index (Phi) is 7.19. The van der Waals surface area contributed by atoms with E-state index in [1.165, 1.54) is 19.2 Å². The number of benzene rings is 3. The van der Waals surface area contributed by atoms with E-state index in [1.54, 1.807) is 54.6 Å². The van der Waals surface area contributed by atoms with Gasteiger partial charge in [-0.2, -0.15) is 5.26 Å². The molecule has 0 heterocycles. The second kappa shape index (κ2) is 10.0. The van der Waals surface area contributed by atoms with Gasteiger partial charge >= 0.3 is 5.97 Å². The Labute approximate surface area is 189 Å². The van der Waals surface area contributed by atoms with Crippen LogP contribution in [0.5, 0.6) is 11.5 Å². The Morgan fingerprint density at radius 1 is 1.10 bits per heavy atom. The molecule has 0 atom stereocenters. The van der Waals surface area contributed by atoms with Crippen LogP contribution in [0.25, 0.3) is 11.6 Å². The zero-order valence-electron chi connectivity index (χ0n) is 16.4. The lowest BCUT2D eigenvalue weighted by atomic mass is 10.0. The van der Waals surface area contributed by atoms with Crippen molar-refractivity contribution in [1.29, 1.82) is 5.26 Å². The summed E-state index contributed by atoms with van der Waals surface area (Å²) in [6, 6.07) is 19.0. The van der Waals surface area contributed by atoms with E-state index in [-0.39, 0.29) is 12.2 Å². The molecule has 5 nitrogen and oxygen atoms in total. The summed E-state index contributed by atoms with van der Waals surface area (Å²) in [7, 11) is 1.49. The number of allylic oxidation sites excluding steroid dienone is 1. The Balaban J connectivity index is 1.88. The number of rotatable bonds is 7. The summed E-state index contributed by atoms with van der Waals surface area (Å²) in [6.07, 6.45) is 1.69. The fourth-order valence-corrected chi connectivity index (χ4v) is 3.29. The maximum atomic E-state index is 11.1. The Bertz CT molecular complexity index is 1180. The molecule has 0 aromatic heterocycles. The van der Waals surface area contributed by atoms with E-state index in [9.17, 15) is 10.1 Å². The lowest BCUT2D eigenvalue weighted by Gasteiger charge is -2.14. The van der Waals surface area contributed by atoms with Crippen LogP contribution in [0.4, 0.5) is 0 Å². The molecule has 3 aromatic rings. The molecule has 0 saturated carbocycles. The summed E-state index contributed by atoms with van der Waals surface area (Å²) >= 11 is 12.3. The maximum Gasteiger partial charge on any atom is 0.335 e. The fraction of sp³-hybridized carbons (Fsp3) is 0.0833. The van der Waals surface area contributed by atoms with Crippen LogP contribution < -0.4 is 9.47 Å². The molecule has 3 rings (SSSR count). The minimum Gasteiger partial charge on any atom is -0.493 e. The molecule has 1 N–H and O–H groups in total. The van der Waals surface area contributed by atoms with Crippen LogP contribution in [0.2, 0.25) is 10.0 Å². The number of nitrogens with zero attached hydrogens (tertiary/aromatic N) is 1. The molecule has 3 aromatic carbocycles. The number of ether oxygens (including phenoxy) is 2. The highest BCUT2D eigenvalue weighted by atomic mass is 35.5. The van der Waals surface area contributed by atoms with Crippen molar-refractivity contribution in [2.75, 3.05) is 7.11 Å². The molecular formula is C24H17Cl2NO4. The summed E-state index contributed by atoms with van der Waals surface area (Å²) in [5.41, 5.74) is 2.67. The minimum absolute atomic E-state index is 0.112. The van der Waals surface area contributed by atoms with E-state index in [4.69, 9.17) is 37.8 Å². The Morgan fingerprint density at radius 2 is 1.84 bits per heavy atom. The molecule has 0 saturated heterocycles. The van der Waals surface area contributed by atoms with Crippen molar-refractivity contribution in [2.24, 2.45) is 0 Å². The standard InChI is InChI=1S/C24H17Cl2NO4/c1-30-22-12-16(10-19(13-27)17-5-7-20(25)8-6-17)11-21(26)23(22)31-14-15-3-2-4-18(9-15)24(28)29/h2-12H,14H2,1H3,(H,28,29)/b19-10+. The number of halogens is 2. The normalized spacial score (nSPS) is 11.0. The number of carbonyl (C=O) groups is 1. The first-order chi connectivity index (χ1) is 14.9. The van der Waals surface area contributed by atoms with E-state index in [0.717, 1.165) is 5.56 Å². The molecule has 0 unspecified atom stereocenters. The van der Waals surface area contributed by atoms with Crippen molar-refractivity contribution in [3.63, 3.8) is 0 Å². The monoisotopic (exact) mass is 453 g/mol. The van der Waals surface area contributed by atoms with Gasteiger partial charge in [0.1, 0.15) is 6.61 Å². The maximum absolute atomic E-state index is 11.1. The first-order valence-electron chi connectivity index (χ1n) is 9.11. The van der Waals surface area contributed by atoms with Gasteiger partial charge < -0.3 is 14.6 Å². The SMILES string of the molecule is COc1cc(/C=C(\C#N)c2ccc(Cl)cc2)cc(Cl)c1OCc1cccc(C(=O)O)c1. The fourth-order valence-electron chi connectivity index (χ4n) is 2.89. The number of aromatic carboxylic acids is 1. The molecule has 0 radical (unpaired) electrons. The molecular weight excluding hydrogens is 437 g/mol. The van der Waals surface area contributed by atoms with Gasteiger partial charge in [-0.3, -0.25) is 0 Å². The molecule has 0 bridgehead atoms. The van der Waals surface area contributed by atoms with Gasteiger partial charge in [0.2, 0.25) is 0 Å². The number of methoxy groups -OCH3 is 1. The first-order valence-corrected chi connectivity index (χ1v) is 9.87. The summed E-state index contributed by atoms with van der Waals surface area (Å²) in [4.78, 5) is 11.1. The average Bonchev–Trinajstić information content (AvgIpc) is 2.77. The summed E-state index contributed by atoms with van der Waals surface area (Å²) in [6.45, 7) is 0.112. The van der Waals surface area contributed by atoms with Crippen molar-refractivity contribution in [3.05, 3.63) is 93.0 Å². The van der Waals surface area contributed by atoms with Crippen molar-refractivity contribution in [2.45, 2.75) is 6.61 Å². The number of hydrogen-bond donors (Lipinski definition) is 1. The second-order valence-corrected chi connectivity index (χ2v) is 7.35. The third-order valence-corrected chi connectivity index (χ3v) is 4.93. The van der Waals surface area contributed by atoms with Crippen LogP contribution in [0.3, 0.4) is 0 Å². The summed E-state index contributed by atoms with van der Waals surface area (Å²) in [5.74, 6) is -0.295. The van der Waals surface area contributed by atoms with Gasteiger partial charge in [0.05, 0.1) is 29.3 Å². The van der Waals surface area contributed by atoms with Crippen LogP contribution in [0.15, 0.2) is 60.7 Å². The molecule has 0 amide bonds. The van der Waals surface area contributed by atoms with Crippen molar-refractivity contribution < 1.29 is 19.4 Å². The van der Waals surface area contributed by atoms with Crippen LogP contribution in [-0.4, -0.2) is 18.2 Å². The van der Waals surface area contributed by atoms with Gasteiger partial charge in [-0.25, -0.2) is 4.79 Å². The van der Waals surface area contributed by atoms with Crippen LogP contribution in [-0.2, 0) is 6.61 Å². The van der Waals surface area contributed by atoms with Gasteiger partial charge in [-0.1, -0.05) is 47.5 Å². The highest BCUT2D eigenvalue weighted by Crippen LogP contribution is 2.38. The van der Waals surface area contributed by atoms with E-state index < -0.39 is 5.97 Å². The molecule has 0 aliphatic heterocycles. The molecule has 31 heavy (non-hydrogen) atoms.